The van der Waals surface area contributed by atoms with Crippen molar-refractivity contribution >= 4 is 47.6 Å². The van der Waals surface area contributed by atoms with Crippen LogP contribution in [0.4, 0.5) is 22.7 Å². The van der Waals surface area contributed by atoms with Crippen molar-refractivity contribution in [3.63, 3.8) is 0 Å². The fraction of sp³-hybridized carbons (Fsp3) is 0. The molecule has 6 aromatic carbocycles. The van der Waals surface area contributed by atoms with Crippen LogP contribution in [0.3, 0.4) is 0 Å². The van der Waals surface area contributed by atoms with Gasteiger partial charge >= 0.3 is 0 Å². The third kappa shape index (κ3) is 8.99. The molecule has 6 rings (SSSR count). The highest BCUT2D eigenvalue weighted by Crippen LogP contribution is 2.33. The zero-order valence-electron chi connectivity index (χ0n) is 26.9. The maximum Gasteiger partial charge on any atom is 0.271 e. The molecular weight excluding hydrogens is 624 g/mol. The number of benzene rings is 6. The van der Waals surface area contributed by atoms with E-state index in [2.05, 4.69) is 42.1 Å². The molecule has 0 aromatic heterocycles. The van der Waals surface area contributed by atoms with Crippen LogP contribution in [0.1, 0.15) is 22.3 Å². The number of anilines is 4. The van der Waals surface area contributed by atoms with E-state index in [0.717, 1.165) is 33.9 Å². The van der Waals surface area contributed by atoms with Crippen molar-refractivity contribution in [1.29, 1.82) is 0 Å². The first kappa shape index (κ1) is 32.7. The van der Waals surface area contributed by atoms with E-state index in [0.29, 0.717) is 22.3 Å². The molecule has 0 fully saturated rings. The number of hydrazone groups is 4. The lowest BCUT2D eigenvalue weighted by Crippen LogP contribution is -1.99. The van der Waals surface area contributed by atoms with Gasteiger partial charge in [-0.05, 0) is 83.9 Å². The SMILES string of the molecule is Oc1c(/C=N/Nc2ccccc2)cc(-c2cc(/C=N/Nc3ccccc3)c([OH2+])c(/C=N/Nc3ccccc3)c2)cc1/C=N/Nc1ccccc1. The molecule has 10 nitrogen and oxygen atoms in total. The van der Waals surface area contributed by atoms with Gasteiger partial charge in [-0.25, -0.2) is 0 Å². The third-order valence-corrected chi connectivity index (χ3v) is 7.39. The van der Waals surface area contributed by atoms with E-state index in [9.17, 15) is 5.11 Å². The summed E-state index contributed by atoms with van der Waals surface area (Å²) in [5.74, 6) is 0.248. The Labute approximate surface area is 289 Å². The Hall–Kier alpha value is -7.20. The molecule has 0 atom stereocenters. The lowest BCUT2D eigenvalue weighted by atomic mass is 9.95. The van der Waals surface area contributed by atoms with E-state index < -0.39 is 0 Å². The highest BCUT2D eigenvalue weighted by Gasteiger charge is 2.16. The van der Waals surface area contributed by atoms with Crippen molar-refractivity contribution in [3.8, 4) is 22.6 Å². The summed E-state index contributed by atoms with van der Waals surface area (Å²) < 4.78 is 0. The zero-order valence-corrected chi connectivity index (χ0v) is 26.9. The van der Waals surface area contributed by atoms with Crippen molar-refractivity contribution in [3.05, 3.63) is 168 Å². The molecule has 0 unspecified atom stereocenters. The molecule has 0 saturated carbocycles. The lowest BCUT2D eigenvalue weighted by Gasteiger charge is -2.11. The third-order valence-electron chi connectivity index (χ3n) is 7.39. The van der Waals surface area contributed by atoms with Gasteiger partial charge in [-0.2, -0.15) is 20.4 Å². The Kier molecular flexibility index (Phi) is 10.8. The Balaban J connectivity index is 1.39. The topological polar surface area (TPSA) is 141 Å². The minimum atomic E-state index is 0.00535. The van der Waals surface area contributed by atoms with E-state index in [1.807, 2.05) is 146 Å². The monoisotopic (exact) mass is 659 g/mol. The lowest BCUT2D eigenvalue weighted by molar-refractivity contribution is 0.473. The molecule has 0 radical (unpaired) electrons. The maximum atomic E-state index is 11.3. The second-order valence-corrected chi connectivity index (χ2v) is 11.0. The normalized spacial score (nSPS) is 11.4. The molecule has 0 heterocycles. The van der Waals surface area contributed by atoms with Gasteiger partial charge in [0.2, 0.25) is 0 Å². The standard InChI is InChI=1S/C40H34N8O2/c49-39-31(25-41-45-35-13-5-1-6-14-35)21-29(22-32(39)26-42-46-36-15-7-2-8-16-36)30-23-33(27-43-47-37-17-9-3-10-18-37)40(50)34(24-30)28-44-48-38-19-11-4-12-20-38/h1-28,45-50H/p+1/b41-25+,42-26+,43-27+,44-28+. The Morgan fingerprint density at radius 3 is 0.960 bits per heavy atom. The summed E-state index contributed by atoms with van der Waals surface area (Å²) in [4.78, 5) is 0. The van der Waals surface area contributed by atoms with Crippen molar-refractivity contribution < 1.29 is 10.2 Å². The van der Waals surface area contributed by atoms with Crippen molar-refractivity contribution in [2.75, 3.05) is 21.7 Å². The second kappa shape index (κ2) is 16.6. The molecule has 50 heavy (non-hydrogen) atoms. The highest BCUT2D eigenvalue weighted by atomic mass is 16.3. The molecule has 0 spiro atoms. The predicted octanol–water partition coefficient (Wildman–Crippen LogP) is 8.28. The molecule has 0 bridgehead atoms. The average Bonchev–Trinajstić information content (AvgIpc) is 3.16. The van der Waals surface area contributed by atoms with Gasteiger partial charge in [0, 0.05) is 11.1 Å². The van der Waals surface area contributed by atoms with Gasteiger partial charge < -0.3 is 10.2 Å². The van der Waals surface area contributed by atoms with Gasteiger partial charge in [0.1, 0.15) is 5.75 Å². The Bertz CT molecular complexity index is 1820. The summed E-state index contributed by atoms with van der Waals surface area (Å²) in [5, 5.41) is 37.9. The molecule has 7 N–H and O–H groups in total. The summed E-state index contributed by atoms with van der Waals surface area (Å²) in [6, 6.07) is 45.6. The largest absolute Gasteiger partial charge is 0.592 e. The number of hydrogen-bond donors (Lipinski definition) is 5. The number of hydrogen-bond acceptors (Lipinski definition) is 9. The zero-order chi connectivity index (χ0) is 34.4. The van der Waals surface area contributed by atoms with Crippen LogP contribution >= 0.6 is 0 Å². The number of phenols is 1. The molecule has 0 aliphatic rings. The smallest absolute Gasteiger partial charge is 0.271 e. The minimum absolute atomic E-state index is 0.00535. The number of para-hydroxylation sites is 4. The van der Waals surface area contributed by atoms with Crippen LogP contribution in [0, 0.1) is 0 Å². The van der Waals surface area contributed by atoms with Crippen LogP contribution in [-0.2, 0) is 0 Å². The van der Waals surface area contributed by atoms with Crippen LogP contribution in [0.25, 0.3) is 11.1 Å². The van der Waals surface area contributed by atoms with Crippen molar-refractivity contribution in [2.24, 2.45) is 20.4 Å². The first-order chi connectivity index (χ1) is 24.6. The fourth-order valence-corrected chi connectivity index (χ4v) is 4.86. The van der Waals surface area contributed by atoms with Crippen LogP contribution in [0.15, 0.2) is 166 Å². The quantitative estimate of drug-likeness (QED) is 0.0482. The van der Waals surface area contributed by atoms with Gasteiger partial charge in [0.05, 0.1) is 58.7 Å². The van der Waals surface area contributed by atoms with E-state index in [-0.39, 0.29) is 11.5 Å². The second-order valence-electron chi connectivity index (χ2n) is 11.0. The number of rotatable bonds is 13. The number of nitrogens with zero attached hydrogens (tertiary/aromatic N) is 4. The van der Waals surface area contributed by atoms with Gasteiger partial charge in [0.15, 0.2) is 0 Å². The molecule has 0 saturated heterocycles. The number of nitrogens with one attached hydrogen (secondary N) is 4. The summed E-state index contributed by atoms with van der Waals surface area (Å²) >= 11 is 0. The van der Waals surface area contributed by atoms with E-state index in [1.54, 1.807) is 24.9 Å². The van der Waals surface area contributed by atoms with Gasteiger partial charge in [-0.3, -0.25) is 21.7 Å². The van der Waals surface area contributed by atoms with Crippen molar-refractivity contribution in [1.82, 2.24) is 0 Å². The van der Waals surface area contributed by atoms with Crippen LogP contribution < -0.4 is 21.7 Å². The summed E-state index contributed by atoms with van der Waals surface area (Å²) in [6.07, 6.45) is 6.34. The van der Waals surface area contributed by atoms with Crippen LogP contribution in [-0.4, -0.2) is 35.1 Å². The molecule has 10 heteroatoms. The first-order valence-electron chi connectivity index (χ1n) is 15.8. The molecular formula is C40H35N8O2+. The molecule has 0 amide bonds. The molecule has 0 aliphatic heterocycles. The van der Waals surface area contributed by atoms with Gasteiger partial charge in [-0.15, -0.1) is 0 Å². The van der Waals surface area contributed by atoms with Crippen LogP contribution in [0.5, 0.6) is 11.5 Å². The van der Waals surface area contributed by atoms with Gasteiger partial charge in [0.25, 0.3) is 5.75 Å². The highest BCUT2D eigenvalue weighted by molar-refractivity contribution is 5.98. The average molecular weight is 660 g/mol. The molecule has 6 aromatic rings. The molecule has 0 aliphatic carbocycles. The van der Waals surface area contributed by atoms with Gasteiger partial charge in [-0.1, -0.05) is 72.8 Å². The Morgan fingerprint density at radius 1 is 0.400 bits per heavy atom. The fourth-order valence-electron chi connectivity index (χ4n) is 4.86. The summed E-state index contributed by atoms with van der Waals surface area (Å²) in [7, 11) is 0. The number of aromatic hydroxyl groups is 1. The van der Waals surface area contributed by atoms with E-state index >= 15 is 0 Å². The summed E-state index contributed by atoms with van der Waals surface area (Å²) in [5.41, 5.74) is 18.8. The Morgan fingerprint density at radius 2 is 0.660 bits per heavy atom. The van der Waals surface area contributed by atoms with Crippen molar-refractivity contribution in [2.45, 2.75) is 0 Å². The maximum absolute atomic E-state index is 11.3. The van der Waals surface area contributed by atoms with E-state index in [4.69, 9.17) is 5.11 Å². The minimum Gasteiger partial charge on any atom is -0.592 e. The number of phenolic OH excluding ortho intramolecular Hbond substituents is 1. The first-order valence-corrected chi connectivity index (χ1v) is 15.8. The molecule has 246 valence electrons. The van der Waals surface area contributed by atoms with E-state index in [1.165, 1.54) is 0 Å². The predicted molar refractivity (Wildman–Crippen MR) is 207 cm³/mol. The van der Waals surface area contributed by atoms with Crippen LogP contribution in [0.2, 0.25) is 0 Å². The summed E-state index contributed by atoms with van der Waals surface area (Å²) in [6.45, 7) is 0.